The molecule has 4 nitrogen and oxygen atoms in total. The SMILES string of the molecule is CCC(CC)[C@H]1c2[nH]c3ccc(OC)cc3c2CCN1C(C)=O. The van der Waals surface area contributed by atoms with E-state index in [1.165, 1.54) is 16.6 Å². The highest BCUT2D eigenvalue weighted by atomic mass is 16.5. The van der Waals surface area contributed by atoms with Gasteiger partial charge in [-0.1, -0.05) is 26.7 Å². The maximum Gasteiger partial charge on any atom is 0.220 e. The largest absolute Gasteiger partial charge is 0.497 e. The fraction of sp³-hybridized carbons (Fsp3) is 0.526. The molecule has 0 aliphatic carbocycles. The van der Waals surface area contributed by atoms with Gasteiger partial charge in [0.2, 0.25) is 5.91 Å². The van der Waals surface area contributed by atoms with Crippen LogP contribution in [0.3, 0.4) is 0 Å². The van der Waals surface area contributed by atoms with Crippen molar-refractivity contribution in [3.63, 3.8) is 0 Å². The molecule has 0 saturated heterocycles. The highest BCUT2D eigenvalue weighted by molar-refractivity contribution is 5.87. The summed E-state index contributed by atoms with van der Waals surface area (Å²) >= 11 is 0. The van der Waals surface area contributed by atoms with Crippen LogP contribution < -0.4 is 4.74 Å². The van der Waals surface area contributed by atoms with E-state index >= 15 is 0 Å². The van der Waals surface area contributed by atoms with Crippen LogP contribution in [0.5, 0.6) is 5.75 Å². The summed E-state index contributed by atoms with van der Waals surface area (Å²) in [6.07, 6.45) is 3.05. The Hall–Kier alpha value is -1.97. The number of H-pyrrole nitrogens is 1. The quantitative estimate of drug-likeness (QED) is 0.925. The Labute approximate surface area is 137 Å². The third-order valence-corrected chi connectivity index (χ3v) is 5.28. The minimum Gasteiger partial charge on any atom is -0.497 e. The van der Waals surface area contributed by atoms with E-state index in [1.54, 1.807) is 14.0 Å². The van der Waals surface area contributed by atoms with Gasteiger partial charge in [0.1, 0.15) is 5.75 Å². The number of hydrogen-bond acceptors (Lipinski definition) is 2. The summed E-state index contributed by atoms with van der Waals surface area (Å²) in [5.41, 5.74) is 3.72. The molecule has 23 heavy (non-hydrogen) atoms. The lowest BCUT2D eigenvalue weighted by Crippen LogP contribution is -2.42. The number of nitrogens with one attached hydrogen (secondary N) is 1. The van der Waals surface area contributed by atoms with Crippen LogP contribution >= 0.6 is 0 Å². The van der Waals surface area contributed by atoms with E-state index in [2.05, 4.69) is 31.0 Å². The molecule has 2 aromatic rings. The van der Waals surface area contributed by atoms with Gasteiger partial charge in [-0.15, -0.1) is 0 Å². The van der Waals surface area contributed by atoms with Gasteiger partial charge in [-0.3, -0.25) is 4.79 Å². The third kappa shape index (κ3) is 2.60. The number of fused-ring (bicyclic) bond motifs is 3. The van der Waals surface area contributed by atoms with Crippen LogP contribution in [0, 0.1) is 5.92 Å². The van der Waals surface area contributed by atoms with Gasteiger partial charge in [0.25, 0.3) is 0 Å². The number of amides is 1. The van der Waals surface area contributed by atoms with Gasteiger partial charge in [0.05, 0.1) is 13.2 Å². The van der Waals surface area contributed by atoms with E-state index in [1.807, 2.05) is 11.0 Å². The van der Waals surface area contributed by atoms with Crippen molar-refractivity contribution in [3.05, 3.63) is 29.5 Å². The van der Waals surface area contributed by atoms with E-state index in [9.17, 15) is 4.79 Å². The lowest BCUT2D eigenvalue weighted by molar-refractivity contribution is -0.133. The molecule has 1 aromatic heterocycles. The van der Waals surface area contributed by atoms with Crippen LogP contribution in [-0.4, -0.2) is 29.4 Å². The predicted octanol–water partition coefficient (Wildman–Crippen LogP) is 4.06. The second-order valence-corrected chi connectivity index (χ2v) is 6.41. The van der Waals surface area contributed by atoms with Gasteiger partial charge in [0.15, 0.2) is 0 Å². The average Bonchev–Trinajstić information content (AvgIpc) is 2.93. The standard InChI is InChI=1S/C19H26N2O2/c1-5-13(6-2)19-18-15(9-10-21(19)12(3)22)16-11-14(23-4)7-8-17(16)20-18/h7-8,11,13,19-20H,5-6,9-10H2,1-4H3/t19-/m0/s1. The molecule has 0 bridgehead atoms. The summed E-state index contributed by atoms with van der Waals surface area (Å²) in [6, 6.07) is 6.33. The summed E-state index contributed by atoms with van der Waals surface area (Å²) in [7, 11) is 1.70. The number of aromatic amines is 1. The summed E-state index contributed by atoms with van der Waals surface area (Å²) < 4.78 is 5.38. The molecule has 4 heteroatoms. The Morgan fingerprint density at radius 1 is 1.39 bits per heavy atom. The first-order valence-corrected chi connectivity index (χ1v) is 8.56. The molecule has 2 heterocycles. The lowest BCUT2D eigenvalue weighted by atomic mass is 9.85. The molecule has 0 spiro atoms. The van der Waals surface area contributed by atoms with Crippen molar-refractivity contribution < 1.29 is 9.53 Å². The van der Waals surface area contributed by atoms with Gasteiger partial charge >= 0.3 is 0 Å². The molecule has 3 rings (SSSR count). The number of carbonyl (C=O) groups is 1. The first-order chi connectivity index (χ1) is 11.1. The Bertz CT molecular complexity index is 715. The summed E-state index contributed by atoms with van der Waals surface area (Å²) in [4.78, 5) is 17.8. The zero-order chi connectivity index (χ0) is 16.6. The molecule has 1 amide bonds. The zero-order valence-electron chi connectivity index (χ0n) is 14.5. The Balaban J connectivity index is 2.16. The van der Waals surface area contributed by atoms with Gasteiger partial charge < -0.3 is 14.6 Å². The first-order valence-electron chi connectivity index (χ1n) is 8.56. The van der Waals surface area contributed by atoms with Crippen LogP contribution in [0.2, 0.25) is 0 Å². The molecule has 124 valence electrons. The van der Waals surface area contributed by atoms with Gasteiger partial charge in [-0.25, -0.2) is 0 Å². The second-order valence-electron chi connectivity index (χ2n) is 6.41. The van der Waals surface area contributed by atoms with Crippen molar-refractivity contribution in [2.75, 3.05) is 13.7 Å². The van der Waals surface area contributed by atoms with E-state index in [4.69, 9.17) is 4.74 Å². The van der Waals surface area contributed by atoms with Crippen LogP contribution in [0.15, 0.2) is 18.2 Å². The smallest absolute Gasteiger partial charge is 0.220 e. The normalized spacial score (nSPS) is 17.6. The number of hydrogen-bond donors (Lipinski definition) is 1. The molecule has 1 aliphatic heterocycles. The van der Waals surface area contributed by atoms with Crippen LogP contribution in [0.25, 0.3) is 10.9 Å². The lowest BCUT2D eigenvalue weighted by Gasteiger charge is -2.39. The van der Waals surface area contributed by atoms with Crippen molar-refractivity contribution in [1.29, 1.82) is 0 Å². The Morgan fingerprint density at radius 3 is 2.74 bits per heavy atom. The van der Waals surface area contributed by atoms with Crippen LogP contribution in [0.1, 0.15) is 50.9 Å². The molecule has 1 aromatic carbocycles. The zero-order valence-corrected chi connectivity index (χ0v) is 14.5. The fourth-order valence-corrected chi connectivity index (χ4v) is 4.00. The summed E-state index contributed by atoms with van der Waals surface area (Å²) in [5.74, 6) is 1.53. The minimum absolute atomic E-state index is 0.157. The summed E-state index contributed by atoms with van der Waals surface area (Å²) in [5, 5.41) is 1.23. The number of rotatable bonds is 4. The number of benzene rings is 1. The van der Waals surface area contributed by atoms with Crippen molar-refractivity contribution in [2.45, 2.75) is 46.1 Å². The molecule has 0 saturated carbocycles. The summed E-state index contributed by atoms with van der Waals surface area (Å²) in [6.45, 7) is 6.92. The highest BCUT2D eigenvalue weighted by Gasteiger charge is 2.35. The predicted molar refractivity (Wildman–Crippen MR) is 92.8 cm³/mol. The second kappa shape index (κ2) is 6.26. The number of methoxy groups -OCH3 is 1. The van der Waals surface area contributed by atoms with E-state index in [0.717, 1.165) is 37.1 Å². The maximum atomic E-state index is 12.2. The fourth-order valence-electron chi connectivity index (χ4n) is 4.00. The van der Waals surface area contributed by atoms with Crippen LogP contribution in [-0.2, 0) is 11.2 Å². The van der Waals surface area contributed by atoms with Crippen molar-refractivity contribution in [3.8, 4) is 5.75 Å². The monoisotopic (exact) mass is 314 g/mol. The van der Waals surface area contributed by atoms with Gasteiger partial charge in [-0.2, -0.15) is 0 Å². The van der Waals surface area contributed by atoms with E-state index < -0.39 is 0 Å². The number of carbonyl (C=O) groups excluding carboxylic acids is 1. The van der Waals surface area contributed by atoms with Gasteiger partial charge in [-0.05, 0) is 36.1 Å². The Kier molecular flexibility index (Phi) is 4.33. The van der Waals surface area contributed by atoms with Crippen molar-refractivity contribution in [2.24, 2.45) is 5.92 Å². The molecular formula is C19H26N2O2. The first kappa shape index (κ1) is 15.9. The molecular weight excluding hydrogens is 288 g/mol. The third-order valence-electron chi connectivity index (χ3n) is 5.28. The molecule has 0 unspecified atom stereocenters. The molecule has 0 radical (unpaired) electrons. The molecule has 1 N–H and O–H groups in total. The average molecular weight is 314 g/mol. The number of aromatic nitrogens is 1. The maximum absolute atomic E-state index is 12.2. The molecule has 1 aliphatic rings. The van der Waals surface area contributed by atoms with Gasteiger partial charge in [0, 0.05) is 30.1 Å². The van der Waals surface area contributed by atoms with Crippen molar-refractivity contribution >= 4 is 16.8 Å². The topological polar surface area (TPSA) is 45.3 Å². The minimum atomic E-state index is 0.157. The number of ether oxygens (including phenoxy) is 1. The van der Waals surface area contributed by atoms with E-state index in [0.29, 0.717) is 5.92 Å². The number of nitrogens with zero attached hydrogens (tertiary/aromatic N) is 1. The van der Waals surface area contributed by atoms with Crippen molar-refractivity contribution in [1.82, 2.24) is 9.88 Å². The highest BCUT2D eigenvalue weighted by Crippen LogP contribution is 2.41. The Morgan fingerprint density at radius 2 is 2.13 bits per heavy atom. The van der Waals surface area contributed by atoms with E-state index in [-0.39, 0.29) is 11.9 Å². The molecule has 0 fully saturated rings. The van der Waals surface area contributed by atoms with Crippen LogP contribution in [0.4, 0.5) is 0 Å². The molecule has 1 atom stereocenters.